The van der Waals surface area contributed by atoms with Crippen LogP contribution in [0.1, 0.15) is 252 Å². The fourth-order valence-corrected chi connectivity index (χ4v) is 7.86. The summed E-state index contributed by atoms with van der Waals surface area (Å²) in [5.74, 6) is -0.555. The van der Waals surface area contributed by atoms with Gasteiger partial charge in [0.15, 0.2) is 0 Å². The molecule has 364 valence electrons. The first-order valence-corrected chi connectivity index (χ1v) is 26.7. The zero-order chi connectivity index (χ0) is 45.9. The van der Waals surface area contributed by atoms with Crippen LogP contribution in [0.15, 0.2) is 72.9 Å². The number of nitrogens with one attached hydrogen (secondary N) is 1. The van der Waals surface area contributed by atoms with Gasteiger partial charge in [0.2, 0.25) is 5.91 Å². The van der Waals surface area contributed by atoms with Crippen molar-refractivity contribution < 1.29 is 24.5 Å². The van der Waals surface area contributed by atoms with Crippen LogP contribution in [0.2, 0.25) is 0 Å². The molecule has 3 N–H and O–H groups in total. The lowest BCUT2D eigenvalue weighted by atomic mass is 10.0. The molecule has 0 aliphatic carbocycles. The molecule has 6 nitrogen and oxygen atoms in total. The molecule has 0 aromatic rings. The number of unbranched alkanes of at least 4 members (excludes halogenated alkanes) is 27. The zero-order valence-corrected chi connectivity index (χ0v) is 41.4. The maximum Gasteiger partial charge on any atom is 0.306 e. The van der Waals surface area contributed by atoms with E-state index in [-0.39, 0.29) is 24.9 Å². The minimum atomic E-state index is -0.810. The molecule has 63 heavy (non-hydrogen) atoms. The molecule has 0 rings (SSSR count). The Morgan fingerprint density at radius 1 is 0.476 bits per heavy atom. The Morgan fingerprint density at radius 3 is 1.37 bits per heavy atom. The van der Waals surface area contributed by atoms with Gasteiger partial charge >= 0.3 is 5.97 Å². The van der Waals surface area contributed by atoms with E-state index in [0.717, 1.165) is 64.2 Å². The van der Waals surface area contributed by atoms with Crippen LogP contribution in [0.4, 0.5) is 0 Å². The number of aliphatic hydroxyl groups is 2. The Morgan fingerprint density at radius 2 is 0.889 bits per heavy atom. The van der Waals surface area contributed by atoms with Crippen molar-refractivity contribution in [3.8, 4) is 0 Å². The average molecular weight is 880 g/mol. The van der Waals surface area contributed by atoms with E-state index in [9.17, 15) is 19.8 Å². The molecule has 0 heterocycles. The van der Waals surface area contributed by atoms with Crippen molar-refractivity contribution in [2.75, 3.05) is 6.61 Å². The van der Waals surface area contributed by atoms with Crippen LogP contribution in [0.3, 0.4) is 0 Å². The molecule has 0 radical (unpaired) electrons. The first-order chi connectivity index (χ1) is 31.0. The molecule has 0 aromatic heterocycles. The normalized spacial score (nSPS) is 13.8. The first kappa shape index (κ1) is 60.3. The summed E-state index contributed by atoms with van der Waals surface area (Å²) in [5, 5.41) is 23.8. The van der Waals surface area contributed by atoms with Gasteiger partial charge in [0.25, 0.3) is 0 Å². The van der Waals surface area contributed by atoms with Crippen molar-refractivity contribution in [3.63, 3.8) is 0 Å². The second-order valence-corrected chi connectivity index (χ2v) is 18.0. The average Bonchev–Trinajstić information content (AvgIpc) is 3.28. The predicted octanol–water partition coefficient (Wildman–Crippen LogP) is 16.2. The van der Waals surface area contributed by atoms with Crippen molar-refractivity contribution in [1.29, 1.82) is 0 Å². The highest BCUT2D eigenvalue weighted by molar-refractivity contribution is 5.77. The maximum atomic E-state index is 13.2. The molecule has 0 saturated heterocycles. The molecule has 0 aliphatic heterocycles. The number of hydrogen-bond acceptors (Lipinski definition) is 5. The van der Waals surface area contributed by atoms with Crippen LogP contribution in [0, 0.1) is 0 Å². The van der Waals surface area contributed by atoms with Gasteiger partial charge in [-0.05, 0) is 64.2 Å². The lowest BCUT2D eigenvalue weighted by molar-refractivity contribution is -0.151. The van der Waals surface area contributed by atoms with Crippen LogP contribution in [0.5, 0.6) is 0 Å². The lowest BCUT2D eigenvalue weighted by Gasteiger charge is -2.24. The van der Waals surface area contributed by atoms with E-state index in [1.807, 2.05) is 48.6 Å². The molecule has 0 aliphatic rings. The van der Waals surface area contributed by atoms with Crippen molar-refractivity contribution in [2.45, 2.75) is 270 Å². The van der Waals surface area contributed by atoms with Crippen LogP contribution in [0.25, 0.3) is 0 Å². The Balaban J connectivity index is 4.64. The topological polar surface area (TPSA) is 95.9 Å². The SMILES string of the molecule is CC/C=C/C=C/C=C\C=C/C=C/CCCC(CC(=O)NC(CO)C(O)CCCCCCCCCCCCCCCCC)OC(=O)CCCCCCC/C=C/CCCCCCCCC. The minimum Gasteiger partial charge on any atom is -0.462 e. The van der Waals surface area contributed by atoms with Gasteiger partial charge in [0.1, 0.15) is 6.10 Å². The predicted molar refractivity (Wildman–Crippen MR) is 273 cm³/mol. The number of allylic oxidation sites excluding steroid dienone is 12. The number of rotatable bonds is 47. The number of esters is 1. The van der Waals surface area contributed by atoms with E-state index >= 15 is 0 Å². The number of hydrogen-bond donors (Lipinski definition) is 3. The summed E-state index contributed by atoms with van der Waals surface area (Å²) < 4.78 is 5.90. The van der Waals surface area contributed by atoms with Gasteiger partial charge in [-0.25, -0.2) is 0 Å². The molecule has 0 saturated carbocycles. The van der Waals surface area contributed by atoms with E-state index < -0.39 is 18.2 Å². The third-order valence-corrected chi connectivity index (χ3v) is 11.9. The standard InChI is InChI=1S/C57H101NO5/c1-4-7-10-13-16-19-22-25-27-29-32-35-38-41-44-47-50-57(62)63-53(48-45-42-39-36-33-30-24-21-18-15-12-9-6-3)51-56(61)58-54(52-59)55(60)49-46-43-40-37-34-31-28-26-23-20-17-14-11-8-5-2/h9,12,15,18,21,24,27,29-30,33,36,39,53-55,59-60H,4-8,10-11,13-14,16-17,19-20,22-23,25-26,28,31-32,34-35,37-38,40-52H2,1-3H3,(H,58,61)/b12-9+,18-15+,24-21-,29-27+,33-30-,39-36+. The van der Waals surface area contributed by atoms with Crippen molar-refractivity contribution >= 4 is 11.9 Å². The van der Waals surface area contributed by atoms with Gasteiger partial charge in [0, 0.05) is 6.42 Å². The van der Waals surface area contributed by atoms with Gasteiger partial charge in [-0.15, -0.1) is 0 Å². The Hall–Kier alpha value is -2.70. The number of ether oxygens (including phenoxy) is 1. The Bertz CT molecular complexity index is 1170. The van der Waals surface area contributed by atoms with Gasteiger partial charge in [0.05, 0.1) is 25.2 Å². The van der Waals surface area contributed by atoms with E-state index in [2.05, 4.69) is 50.4 Å². The fourth-order valence-electron chi connectivity index (χ4n) is 7.86. The molecule has 3 unspecified atom stereocenters. The van der Waals surface area contributed by atoms with Gasteiger partial charge < -0.3 is 20.3 Å². The lowest BCUT2D eigenvalue weighted by Crippen LogP contribution is -2.46. The van der Waals surface area contributed by atoms with Gasteiger partial charge in [-0.1, -0.05) is 248 Å². The van der Waals surface area contributed by atoms with Crippen molar-refractivity contribution in [2.24, 2.45) is 0 Å². The molecule has 1 amide bonds. The quantitative estimate of drug-likeness (QED) is 0.0245. The highest BCUT2D eigenvalue weighted by atomic mass is 16.5. The van der Waals surface area contributed by atoms with E-state index in [1.54, 1.807) is 0 Å². The summed E-state index contributed by atoms with van der Waals surface area (Å²) in [6.45, 7) is 6.32. The van der Waals surface area contributed by atoms with Gasteiger partial charge in [-0.2, -0.15) is 0 Å². The summed E-state index contributed by atoms with van der Waals surface area (Å²) in [4.78, 5) is 26.1. The second-order valence-electron chi connectivity index (χ2n) is 18.0. The number of carbonyl (C=O) groups excluding carboxylic acids is 2. The third-order valence-electron chi connectivity index (χ3n) is 11.9. The van der Waals surface area contributed by atoms with Gasteiger partial charge in [-0.3, -0.25) is 9.59 Å². The molecule has 0 bridgehead atoms. The summed E-state index contributed by atoms with van der Waals surface area (Å²) in [5.41, 5.74) is 0. The number of carbonyl (C=O) groups is 2. The van der Waals surface area contributed by atoms with Crippen LogP contribution in [-0.2, 0) is 14.3 Å². The second kappa shape index (κ2) is 50.3. The van der Waals surface area contributed by atoms with E-state index in [0.29, 0.717) is 19.3 Å². The van der Waals surface area contributed by atoms with Crippen LogP contribution in [-0.4, -0.2) is 46.9 Å². The summed E-state index contributed by atoms with van der Waals surface area (Å²) in [6, 6.07) is -0.729. The molecule has 3 atom stereocenters. The highest BCUT2D eigenvalue weighted by Gasteiger charge is 2.24. The molecular weight excluding hydrogens is 779 g/mol. The number of aliphatic hydroxyl groups excluding tert-OH is 2. The zero-order valence-electron chi connectivity index (χ0n) is 41.4. The first-order valence-electron chi connectivity index (χ1n) is 26.7. The molecule has 6 heteroatoms. The fraction of sp³-hybridized carbons (Fsp3) is 0.754. The minimum absolute atomic E-state index is 0.0236. The van der Waals surface area contributed by atoms with Crippen molar-refractivity contribution in [3.05, 3.63) is 72.9 Å². The summed E-state index contributed by atoms with van der Waals surface area (Å²) >= 11 is 0. The summed E-state index contributed by atoms with van der Waals surface area (Å²) in [7, 11) is 0. The van der Waals surface area contributed by atoms with Crippen LogP contribution < -0.4 is 5.32 Å². The Labute approximate surface area is 390 Å². The molecular formula is C57H101NO5. The van der Waals surface area contributed by atoms with Crippen molar-refractivity contribution in [1.82, 2.24) is 5.32 Å². The molecule has 0 fully saturated rings. The molecule has 0 spiro atoms. The third kappa shape index (κ3) is 45.7. The smallest absolute Gasteiger partial charge is 0.306 e. The number of amides is 1. The highest BCUT2D eigenvalue weighted by Crippen LogP contribution is 2.17. The largest absolute Gasteiger partial charge is 0.462 e. The summed E-state index contributed by atoms with van der Waals surface area (Å²) in [6.07, 6.45) is 64.0. The molecule has 0 aromatic carbocycles. The Kier molecular flexibility index (Phi) is 48.1. The van der Waals surface area contributed by atoms with E-state index in [1.165, 1.54) is 141 Å². The van der Waals surface area contributed by atoms with E-state index in [4.69, 9.17) is 4.74 Å². The monoisotopic (exact) mass is 880 g/mol. The maximum absolute atomic E-state index is 13.2. The van der Waals surface area contributed by atoms with Crippen LogP contribution >= 0.6 is 0 Å².